The van der Waals surface area contributed by atoms with Crippen molar-refractivity contribution >= 4 is 0 Å². The lowest BCUT2D eigenvalue weighted by Gasteiger charge is -2.32. The van der Waals surface area contributed by atoms with E-state index in [9.17, 15) is 5.11 Å². The van der Waals surface area contributed by atoms with Crippen LogP contribution in [0.3, 0.4) is 0 Å². The Balaban J connectivity index is 1.47. The van der Waals surface area contributed by atoms with Crippen molar-refractivity contribution in [3.8, 4) is 11.5 Å². The molecule has 2 N–H and O–H groups in total. The van der Waals surface area contributed by atoms with Crippen molar-refractivity contribution in [3.05, 3.63) is 23.3 Å². The summed E-state index contributed by atoms with van der Waals surface area (Å²) in [5, 5.41) is 13.1. The first-order valence-electron chi connectivity index (χ1n) is 9.52. The number of fused-ring (bicyclic) bond motifs is 1. The molecule has 0 radical (unpaired) electrons. The molecule has 25 heavy (non-hydrogen) atoms. The van der Waals surface area contributed by atoms with Gasteiger partial charge in [-0.1, -0.05) is 0 Å². The van der Waals surface area contributed by atoms with Gasteiger partial charge in [0.15, 0.2) is 0 Å². The lowest BCUT2D eigenvalue weighted by molar-refractivity contribution is 0.0998. The highest BCUT2D eigenvalue weighted by Crippen LogP contribution is 2.35. The van der Waals surface area contributed by atoms with E-state index >= 15 is 0 Å². The van der Waals surface area contributed by atoms with Gasteiger partial charge in [-0.2, -0.15) is 0 Å². The van der Waals surface area contributed by atoms with E-state index in [1.165, 1.54) is 24.0 Å². The molecule has 0 bridgehead atoms. The SMILES string of the molecule is COc1cc2c(cc1CNCC1CCN(C[C@H](C)O)CC1)O[C@@H](C)C2. The topological polar surface area (TPSA) is 54.0 Å². The van der Waals surface area contributed by atoms with Gasteiger partial charge in [-0.25, -0.2) is 0 Å². The number of piperidine rings is 1. The first-order valence-corrected chi connectivity index (χ1v) is 9.52. The number of ether oxygens (including phenoxy) is 2. The molecular formula is C20H32N2O3. The van der Waals surface area contributed by atoms with E-state index in [2.05, 4.69) is 29.3 Å². The minimum absolute atomic E-state index is 0.230. The number of nitrogens with zero attached hydrogens (tertiary/aromatic N) is 1. The molecule has 2 aliphatic heterocycles. The minimum atomic E-state index is -0.230. The summed E-state index contributed by atoms with van der Waals surface area (Å²) in [5.41, 5.74) is 2.42. The van der Waals surface area contributed by atoms with Gasteiger partial charge in [0, 0.05) is 30.6 Å². The maximum atomic E-state index is 9.49. The minimum Gasteiger partial charge on any atom is -0.496 e. The number of aliphatic hydroxyl groups excluding tert-OH is 1. The largest absolute Gasteiger partial charge is 0.496 e. The molecule has 5 nitrogen and oxygen atoms in total. The molecule has 2 heterocycles. The van der Waals surface area contributed by atoms with Crippen molar-refractivity contribution in [1.82, 2.24) is 10.2 Å². The van der Waals surface area contributed by atoms with Crippen molar-refractivity contribution in [3.63, 3.8) is 0 Å². The Kier molecular flexibility index (Phi) is 6.20. The number of nitrogens with one attached hydrogen (secondary N) is 1. The van der Waals surface area contributed by atoms with E-state index in [0.29, 0.717) is 5.92 Å². The highest BCUT2D eigenvalue weighted by molar-refractivity contribution is 5.48. The maximum Gasteiger partial charge on any atom is 0.123 e. The Morgan fingerprint density at radius 3 is 2.80 bits per heavy atom. The number of rotatable bonds is 7. The van der Waals surface area contributed by atoms with E-state index in [1.54, 1.807) is 7.11 Å². The molecule has 5 heteroatoms. The standard InChI is InChI=1S/C20H32N2O3/c1-14(23)13-22-6-4-16(5-7-22)11-21-12-18-10-20-17(8-15(2)25-20)9-19(18)24-3/h9-10,14-16,21,23H,4-8,11-13H2,1-3H3/t14-,15-/m0/s1. The number of likely N-dealkylation sites (tertiary alicyclic amines) is 1. The summed E-state index contributed by atoms with van der Waals surface area (Å²) < 4.78 is 11.5. The molecule has 0 amide bonds. The Hall–Kier alpha value is -1.30. The van der Waals surface area contributed by atoms with E-state index in [1.807, 2.05) is 6.92 Å². The van der Waals surface area contributed by atoms with Crippen LogP contribution in [0, 0.1) is 5.92 Å². The Labute approximate surface area is 151 Å². The van der Waals surface area contributed by atoms with Crippen LogP contribution < -0.4 is 14.8 Å². The van der Waals surface area contributed by atoms with Gasteiger partial charge in [0.05, 0.1) is 13.2 Å². The smallest absolute Gasteiger partial charge is 0.123 e. The summed E-state index contributed by atoms with van der Waals surface area (Å²) in [4.78, 5) is 2.36. The van der Waals surface area contributed by atoms with E-state index in [4.69, 9.17) is 9.47 Å². The fourth-order valence-electron chi connectivity index (χ4n) is 3.97. The molecule has 1 saturated heterocycles. The molecule has 3 rings (SSSR count). The van der Waals surface area contributed by atoms with Crippen molar-refractivity contribution in [2.75, 3.05) is 33.3 Å². The summed E-state index contributed by atoms with van der Waals surface area (Å²) in [6.07, 6.45) is 3.38. The molecule has 140 valence electrons. The van der Waals surface area contributed by atoms with Crippen LogP contribution in [0.4, 0.5) is 0 Å². The molecule has 0 aromatic heterocycles. The predicted octanol–water partition coefficient (Wildman–Crippen LogP) is 2.20. The average Bonchev–Trinajstić information content (AvgIpc) is 2.94. The molecule has 2 aliphatic rings. The summed E-state index contributed by atoms with van der Waals surface area (Å²) in [7, 11) is 1.74. The number of β-amino-alcohol motifs (C(OH)–C–C–N with tert-alkyl or cyclic N) is 1. The molecule has 0 saturated carbocycles. The number of hydrogen-bond donors (Lipinski definition) is 2. The van der Waals surface area contributed by atoms with Crippen LogP contribution in [-0.4, -0.2) is 55.5 Å². The third kappa shape index (κ3) is 4.87. The fraction of sp³-hybridized carbons (Fsp3) is 0.700. The van der Waals surface area contributed by atoms with Gasteiger partial charge in [-0.15, -0.1) is 0 Å². The molecule has 0 unspecified atom stereocenters. The van der Waals surface area contributed by atoms with E-state index in [-0.39, 0.29) is 12.2 Å². The number of benzene rings is 1. The van der Waals surface area contributed by atoms with Crippen molar-refractivity contribution in [2.24, 2.45) is 5.92 Å². The summed E-state index contributed by atoms with van der Waals surface area (Å²) in [6.45, 7) is 8.78. The highest BCUT2D eigenvalue weighted by Gasteiger charge is 2.22. The molecule has 1 aromatic rings. The predicted molar refractivity (Wildman–Crippen MR) is 99.3 cm³/mol. The van der Waals surface area contributed by atoms with Crippen LogP contribution in [0.2, 0.25) is 0 Å². The van der Waals surface area contributed by atoms with Crippen LogP contribution in [0.5, 0.6) is 11.5 Å². The highest BCUT2D eigenvalue weighted by atomic mass is 16.5. The van der Waals surface area contributed by atoms with Crippen molar-refractivity contribution < 1.29 is 14.6 Å². The maximum absolute atomic E-state index is 9.49. The number of methoxy groups -OCH3 is 1. The van der Waals surface area contributed by atoms with Crippen LogP contribution in [0.1, 0.15) is 37.8 Å². The quantitative estimate of drug-likeness (QED) is 0.791. The molecule has 0 spiro atoms. The van der Waals surface area contributed by atoms with Gasteiger partial charge in [-0.3, -0.25) is 0 Å². The normalized spacial score (nSPS) is 22.5. The van der Waals surface area contributed by atoms with Gasteiger partial charge < -0.3 is 24.8 Å². The second kappa shape index (κ2) is 8.39. The monoisotopic (exact) mass is 348 g/mol. The van der Waals surface area contributed by atoms with Gasteiger partial charge in [0.2, 0.25) is 0 Å². The first-order chi connectivity index (χ1) is 12.0. The van der Waals surface area contributed by atoms with Crippen molar-refractivity contribution in [2.45, 2.75) is 51.9 Å². The molecular weight excluding hydrogens is 316 g/mol. The van der Waals surface area contributed by atoms with Crippen LogP contribution >= 0.6 is 0 Å². The van der Waals surface area contributed by atoms with E-state index in [0.717, 1.165) is 50.6 Å². The molecule has 1 fully saturated rings. The zero-order valence-electron chi connectivity index (χ0n) is 15.8. The lowest BCUT2D eigenvalue weighted by Crippen LogP contribution is -2.40. The molecule has 0 aliphatic carbocycles. The van der Waals surface area contributed by atoms with Gasteiger partial charge >= 0.3 is 0 Å². The second-order valence-electron chi connectivity index (χ2n) is 7.63. The van der Waals surface area contributed by atoms with Crippen LogP contribution in [0.25, 0.3) is 0 Å². The Morgan fingerprint density at radius 2 is 2.12 bits per heavy atom. The summed E-state index contributed by atoms with van der Waals surface area (Å²) in [5.74, 6) is 2.68. The zero-order valence-corrected chi connectivity index (χ0v) is 15.8. The van der Waals surface area contributed by atoms with Crippen molar-refractivity contribution in [1.29, 1.82) is 0 Å². The molecule has 1 aromatic carbocycles. The Morgan fingerprint density at radius 1 is 1.36 bits per heavy atom. The number of hydrogen-bond acceptors (Lipinski definition) is 5. The fourth-order valence-corrected chi connectivity index (χ4v) is 3.97. The second-order valence-corrected chi connectivity index (χ2v) is 7.63. The molecule has 2 atom stereocenters. The van der Waals surface area contributed by atoms with Gasteiger partial charge in [0.1, 0.15) is 17.6 Å². The van der Waals surface area contributed by atoms with Gasteiger partial charge in [-0.05, 0) is 64.4 Å². The Bertz CT molecular complexity index is 568. The average molecular weight is 348 g/mol. The summed E-state index contributed by atoms with van der Waals surface area (Å²) in [6, 6.07) is 4.26. The first kappa shape index (κ1) is 18.5. The zero-order chi connectivity index (χ0) is 17.8. The third-order valence-corrected chi connectivity index (χ3v) is 5.28. The number of aliphatic hydroxyl groups is 1. The van der Waals surface area contributed by atoms with Gasteiger partial charge in [0.25, 0.3) is 0 Å². The van der Waals surface area contributed by atoms with Crippen LogP contribution in [0.15, 0.2) is 12.1 Å². The van der Waals surface area contributed by atoms with E-state index < -0.39 is 0 Å². The summed E-state index contributed by atoms with van der Waals surface area (Å²) >= 11 is 0. The third-order valence-electron chi connectivity index (χ3n) is 5.28. The lowest BCUT2D eigenvalue weighted by atomic mass is 9.96. The van der Waals surface area contributed by atoms with Crippen LogP contribution in [-0.2, 0) is 13.0 Å².